The van der Waals surface area contributed by atoms with E-state index >= 15 is 0 Å². The molecule has 2 aromatic carbocycles. The number of ether oxygens (including phenoxy) is 1. The van der Waals surface area contributed by atoms with Crippen molar-refractivity contribution >= 4 is 15.9 Å². The Balaban J connectivity index is 1.85. The normalized spacial score (nSPS) is 14.9. The summed E-state index contributed by atoms with van der Waals surface area (Å²) in [7, 11) is -2.14. The fraction of sp³-hybridized carbons (Fsp3) is 0.350. The summed E-state index contributed by atoms with van der Waals surface area (Å²) in [4.78, 5) is 12.8. The highest BCUT2D eigenvalue weighted by molar-refractivity contribution is 7.89. The number of hydrogen-bond donors (Lipinski definition) is 1. The van der Waals surface area contributed by atoms with Gasteiger partial charge in [0.2, 0.25) is 10.0 Å². The third-order valence-electron chi connectivity index (χ3n) is 4.82. The van der Waals surface area contributed by atoms with E-state index in [9.17, 15) is 13.2 Å². The number of rotatable bonds is 6. The molecule has 1 fully saturated rings. The first-order valence-corrected chi connectivity index (χ1v) is 10.4. The van der Waals surface area contributed by atoms with Crippen molar-refractivity contribution in [3.05, 3.63) is 59.2 Å². The highest BCUT2D eigenvalue weighted by atomic mass is 32.2. The number of methoxy groups -OCH3 is 1. The monoisotopic (exact) mass is 388 g/mol. The molecule has 27 heavy (non-hydrogen) atoms. The predicted octanol–water partition coefficient (Wildman–Crippen LogP) is 2.72. The van der Waals surface area contributed by atoms with E-state index in [4.69, 9.17) is 4.74 Å². The van der Waals surface area contributed by atoms with E-state index in [-0.39, 0.29) is 16.4 Å². The number of carbonyl (C=O) groups excluding carboxylic acids is 1. The predicted molar refractivity (Wildman–Crippen MR) is 103 cm³/mol. The van der Waals surface area contributed by atoms with Crippen LogP contribution in [0.1, 0.15) is 34.3 Å². The maximum Gasteiger partial charge on any atom is 0.255 e. The molecule has 1 N–H and O–H groups in total. The van der Waals surface area contributed by atoms with Gasteiger partial charge in [0.1, 0.15) is 5.75 Å². The molecule has 144 valence electrons. The topological polar surface area (TPSA) is 75.7 Å². The average Bonchev–Trinajstić information content (AvgIpc) is 3.22. The highest BCUT2D eigenvalue weighted by Crippen LogP contribution is 2.26. The van der Waals surface area contributed by atoms with Crippen LogP contribution in [-0.2, 0) is 16.6 Å². The molecular weight excluding hydrogens is 364 g/mol. The molecule has 3 rings (SSSR count). The van der Waals surface area contributed by atoms with Gasteiger partial charge in [-0.05, 0) is 49.1 Å². The Hall–Kier alpha value is -2.38. The number of sulfonamides is 1. The van der Waals surface area contributed by atoms with E-state index in [1.54, 1.807) is 0 Å². The molecule has 1 amide bonds. The number of carbonyl (C=O) groups is 1. The molecule has 0 unspecified atom stereocenters. The highest BCUT2D eigenvalue weighted by Gasteiger charge is 2.28. The molecule has 0 radical (unpaired) electrons. The molecule has 0 atom stereocenters. The van der Waals surface area contributed by atoms with E-state index < -0.39 is 10.0 Å². The molecule has 6 nitrogen and oxygen atoms in total. The van der Waals surface area contributed by atoms with Crippen molar-refractivity contribution in [2.45, 2.75) is 31.2 Å². The summed E-state index contributed by atoms with van der Waals surface area (Å²) in [5, 5.41) is 2.85. The van der Waals surface area contributed by atoms with Crippen molar-refractivity contribution in [3.63, 3.8) is 0 Å². The maximum atomic E-state index is 12.8. The van der Waals surface area contributed by atoms with Crippen LogP contribution in [0.15, 0.2) is 47.4 Å². The summed E-state index contributed by atoms with van der Waals surface area (Å²) in [5.41, 5.74) is 2.30. The van der Waals surface area contributed by atoms with Gasteiger partial charge in [-0.25, -0.2) is 8.42 Å². The number of aryl methyl sites for hydroxylation is 1. The molecule has 1 aliphatic heterocycles. The van der Waals surface area contributed by atoms with Gasteiger partial charge < -0.3 is 10.1 Å². The Morgan fingerprint density at radius 2 is 1.85 bits per heavy atom. The zero-order chi connectivity index (χ0) is 19.4. The average molecular weight is 388 g/mol. The first-order valence-electron chi connectivity index (χ1n) is 8.94. The maximum absolute atomic E-state index is 12.8. The van der Waals surface area contributed by atoms with Crippen LogP contribution in [0.4, 0.5) is 0 Å². The van der Waals surface area contributed by atoms with Crippen LogP contribution < -0.4 is 10.1 Å². The van der Waals surface area contributed by atoms with Crippen LogP contribution in [-0.4, -0.2) is 38.8 Å². The van der Waals surface area contributed by atoms with Crippen molar-refractivity contribution < 1.29 is 17.9 Å². The number of nitrogens with one attached hydrogen (secondary N) is 1. The number of hydrogen-bond acceptors (Lipinski definition) is 4. The first kappa shape index (κ1) is 19.4. The van der Waals surface area contributed by atoms with Crippen molar-refractivity contribution in [3.8, 4) is 5.75 Å². The SMILES string of the molecule is COc1ccc(S(=O)(=O)N2CCCC2)cc1C(=O)NCc1ccccc1C. The van der Waals surface area contributed by atoms with Crippen LogP contribution in [0, 0.1) is 6.92 Å². The van der Waals surface area contributed by atoms with Crippen LogP contribution in [0.25, 0.3) is 0 Å². The molecule has 1 heterocycles. The lowest BCUT2D eigenvalue weighted by Crippen LogP contribution is -2.28. The molecule has 1 aliphatic rings. The van der Waals surface area contributed by atoms with Gasteiger partial charge in [0.25, 0.3) is 5.91 Å². The van der Waals surface area contributed by atoms with Crippen LogP contribution in [0.3, 0.4) is 0 Å². The third-order valence-corrected chi connectivity index (χ3v) is 6.71. The molecular formula is C20H24N2O4S. The summed E-state index contributed by atoms with van der Waals surface area (Å²) >= 11 is 0. The van der Waals surface area contributed by atoms with Gasteiger partial charge in [0.15, 0.2) is 0 Å². The van der Waals surface area contributed by atoms with Crippen molar-refractivity contribution in [1.29, 1.82) is 0 Å². The quantitative estimate of drug-likeness (QED) is 0.826. The molecule has 0 spiro atoms. The Bertz CT molecular complexity index is 935. The zero-order valence-corrected chi connectivity index (χ0v) is 16.4. The molecule has 0 saturated carbocycles. The minimum atomic E-state index is -3.60. The van der Waals surface area contributed by atoms with Crippen LogP contribution in [0.5, 0.6) is 5.75 Å². The van der Waals surface area contributed by atoms with E-state index in [2.05, 4.69) is 5.32 Å². The Morgan fingerprint density at radius 1 is 1.15 bits per heavy atom. The minimum Gasteiger partial charge on any atom is -0.496 e. The fourth-order valence-corrected chi connectivity index (χ4v) is 4.73. The summed E-state index contributed by atoms with van der Waals surface area (Å²) < 4.78 is 32.3. The smallest absolute Gasteiger partial charge is 0.255 e. The third kappa shape index (κ3) is 4.14. The zero-order valence-electron chi connectivity index (χ0n) is 15.6. The number of benzene rings is 2. The standard InChI is InChI=1S/C20H24N2O4S/c1-15-7-3-4-8-16(15)14-21-20(23)18-13-17(9-10-19(18)26-2)27(24,25)22-11-5-6-12-22/h3-4,7-10,13H,5-6,11-12,14H2,1-2H3,(H,21,23). The molecule has 7 heteroatoms. The lowest BCUT2D eigenvalue weighted by Gasteiger charge is -2.17. The second-order valence-corrected chi connectivity index (χ2v) is 8.52. The van der Waals surface area contributed by atoms with Crippen LogP contribution >= 0.6 is 0 Å². The van der Waals surface area contributed by atoms with Gasteiger partial charge in [0, 0.05) is 19.6 Å². The van der Waals surface area contributed by atoms with Gasteiger partial charge >= 0.3 is 0 Å². The summed E-state index contributed by atoms with van der Waals surface area (Å²) in [5.74, 6) is -0.0220. The molecule has 0 bridgehead atoms. The largest absolute Gasteiger partial charge is 0.496 e. The van der Waals surface area contributed by atoms with Gasteiger partial charge in [-0.1, -0.05) is 24.3 Å². The van der Waals surface area contributed by atoms with Crippen molar-refractivity contribution in [2.24, 2.45) is 0 Å². The molecule has 1 saturated heterocycles. The van der Waals surface area contributed by atoms with Crippen molar-refractivity contribution in [2.75, 3.05) is 20.2 Å². The molecule has 2 aromatic rings. The lowest BCUT2D eigenvalue weighted by molar-refractivity contribution is 0.0947. The van der Waals surface area contributed by atoms with Gasteiger partial charge in [0.05, 0.1) is 17.6 Å². The second kappa shape index (κ2) is 8.10. The van der Waals surface area contributed by atoms with Gasteiger partial charge in [-0.15, -0.1) is 0 Å². The number of amides is 1. The Morgan fingerprint density at radius 3 is 2.52 bits per heavy atom. The summed E-state index contributed by atoms with van der Waals surface area (Å²) in [6, 6.07) is 12.2. The number of nitrogens with zero attached hydrogens (tertiary/aromatic N) is 1. The van der Waals surface area contributed by atoms with E-state index in [0.717, 1.165) is 24.0 Å². The van der Waals surface area contributed by atoms with E-state index in [1.807, 2.05) is 31.2 Å². The summed E-state index contributed by atoms with van der Waals surface area (Å²) in [6.45, 7) is 3.37. The molecule has 0 aromatic heterocycles. The van der Waals surface area contributed by atoms with Crippen molar-refractivity contribution in [1.82, 2.24) is 9.62 Å². The fourth-order valence-electron chi connectivity index (χ4n) is 3.18. The summed E-state index contributed by atoms with van der Waals surface area (Å²) in [6.07, 6.45) is 1.72. The van der Waals surface area contributed by atoms with Crippen LogP contribution in [0.2, 0.25) is 0 Å². The van der Waals surface area contributed by atoms with E-state index in [0.29, 0.717) is 25.4 Å². The molecule has 0 aliphatic carbocycles. The lowest BCUT2D eigenvalue weighted by atomic mass is 10.1. The Kier molecular flexibility index (Phi) is 5.82. The first-order chi connectivity index (χ1) is 12.9. The Labute approximate surface area is 160 Å². The van der Waals surface area contributed by atoms with Gasteiger partial charge in [-0.3, -0.25) is 4.79 Å². The van der Waals surface area contributed by atoms with Gasteiger partial charge in [-0.2, -0.15) is 4.31 Å². The van der Waals surface area contributed by atoms with E-state index in [1.165, 1.54) is 29.6 Å². The minimum absolute atomic E-state index is 0.117. The second-order valence-electron chi connectivity index (χ2n) is 6.58.